The molecule has 1 heterocycles. The van der Waals surface area contributed by atoms with Gasteiger partial charge in [-0.05, 0) is 31.5 Å². The van der Waals surface area contributed by atoms with Crippen LogP contribution >= 0.6 is 0 Å². The number of aryl methyl sites for hydroxylation is 1. The van der Waals surface area contributed by atoms with Crippen LogP contribution in [0, 0.1) is 6.92 Å². The Hall–Kier alpha value is -2.36. The monoisotopic (exact) mass is 257 g/mol. The van der Waals surface area contributed by atoms with Crippen LogP contribution in [0.5, 0.6) is 11.6 Å². The highest BCUT2D eigenvalue weighted by Crippen LogP contribution is 2.24. The number of carboxylic acid groups (broad SMARTS) is 1. The van der Waals surface area contributed by atoms with Crippen molar-refractivity contribution >= 4 is 5.97 Å². The largest absolute Gasteiger partial charge is 0.481 e. The number of pyridine rings is 1. The number of carboxylic acids is 1. The smallest absolute Gasteiger partial charge is 0.310 e. The van der Waals surface area contributed by atoms with Crippen molar-refractivity contribution < 1.29 is 14.6 Å². The number of aliphatic carboxylic acids is 1. The van der Waals surface area contributed by atoms with Crippen molar-refractivity contribution in [2.24, 2.45) is 0 Å². The van der Waals surface area contributed by atoms with E-state index in [1.165, 1.54) is 0 Å². The number of aromatic nitrogens is 1. The van der Waals surface area contributed by atoms with Gasteiger partial charge in [0.25, 0.3) is 0 Å². The number of ether oxygens (including phenoxy) is 1. The summed E-state index contributed by atoms with van der Waals surface area (Å²) < 4.78 is 5.60. The van der Waals surface area contributed by atoms with E-state index in [0.717, 1.165) is 0 Å². The van der Waals surface area contributed by atoms with Crippen LogP contribution in [0.25, 0.3) is 0 Å². The summed E-state index contributed by atoms with van der Waals surface area (Å²) in [5, 5.41) is 9.01. The molecule has 2 rings (SSSR count). The molecule has 0 radical (unpaired) electrons. The lowest BCUT2D eigenvalue weighted by Crippen LogP contribution is -2.09. The first-order chi connectivity index (χ1) is 9.08. The molecule has 0 bridgehead atoms. The number of rotatable bonds is 4. The third kappa shape index (κ3) is 3.10. The molecule has 0 aliphatic heterocycles. The zero-order chi connectivity index (χ0) is 13.8. The number of para-hydroxylation sites is 1. The Bertz CT molecular complexity index is 581. The second kappa shape index (κ2) is 5.52. The van der Waals surface area contributed by atoms with Gasteiger partial charge in [0.1, 0.15) is 5.75 Å². The van der Waals surface area contributed by atoms with Gasteiger partial charge in [-0.25, -0.2) is 4.98 Å². The Kier molecular flexibility index (Phi) is 3.80. The first kappa shape index (κ1) is 13.1. The maximum Gasteiger partial charge on any atom is 0.310 e. The van der Waals surface area contributed by atoms with Crippen molar-refractivity contribution in [2.75, 3.05) is 0 Å². The van der Waals surface area contributed by atoms with E-state index in [9.17, 15) is 4.79 Å². The number of hydrogen-bond acceptors (Lipinski definition) is 3. The predicted molar refractivity (Wildman–Crippen MR) is 71.5 cm³/mol. The van der Waals surface area contributed by atoms with Crippen LogP contribution in [0.2, 0.25) is 0 Å². The Morgan fingerprint density at radius 2 is 1.89 bits per heavy atom. The van der Waals surface area contributed by atoms with Crippen molar-refractivity contribution in [3.05, 3.63) is 53.7 Å². The minimum atomic E-state index is -0.860. The second-order valence-electron chi connectivity index (χ2n) is 4.30. The summed E-state index contributed by atoms with van der Waals surface area (Å²) in [7, 11) is 0. The Labute approximate surface area is 111 Å². The number of benzene rings is 1. The first-order valence-corrected chi connectivity index (χ1v) is 6.01. The van der Waals surface area contributed by atoms with Gasteiger partial charge in [0.15, 0.2) is 0 Å². The van der Waals surface area contributed by atoms with Crippen molar-refractivity contribution in [3.8, 4) is 11.6 Å². The Morgan fingerprint density at radius 1 is 1.21 bits per heavy atom. The van der Waals surface area contributed by atoms with E-state index >= 15 is 0 Å². The van der Waals surface area contributed by atoms with E-state index in [2.05, 4.69) is 4.98 Å². The quantitative estimate of drug-likeness (QED) is 0.912. The third-order valence-electron chi connectivity index (χ3n) is 2.90. The number of nitrogens with zero attached hydrogens (tertiary/aromatic N) is 1. The molecule has 0 aliphatic rings. The fourth-order valence-corrected chi connectivity index (χ4v) is 1.81. The van der Waals surface area contributed by atoms with Crippen LogP contribution in [0.1, 0.15) is 24.1 Å². The zero-order valence-corrected chi connectivity index (χ0v) is 10.8. The molecule has 0 saturated carbocycles. The molecular formula is C15H15NO3. The molecule has 98 valence electrons. The first-order valence-electron chi connectivity index (χ1n) is 6.01. The second-order valence-corrected chi connectivity index (χ2v) is 4.30. The Morgan fingerprint density at radius 3 is 2.47 bits per heavy atom. The maximum absolute atomic E-state index is 11.0. The van der Waals surface area contributed by atoms with Crippen molar-refractivity contribution in [1.82, 2.24) is 4.98 Å². The highest BCUT2D eigenvalue weighted by molar-refractivity contribution is 5.75. The molecule has 0 saturated heterocycles. The van der Waals surface area contributed by atoms with E-state index in [1.54, 1.807) is 26.0 Å². The van der Waals surface area contributed by atoms with Crippen molar-refractivity contribution in [2.45, 2.75) is 19.8 Å². The van der Waals surface area contributed by atoms with Crippen LogP contribution in [0.4, 0.5) is 0 Å². The van der Waals surface area contributed by atoms with Gasteiger partial charge < -0.3 is 9.84 Å². The summed E-state index contributed by atoms with van der Waals surface area (Å²) in [6, 6.07) is 12.8. The summed E-state index contributed by atoms with van der Waals surface area (Å²) in [6.45, 7) is 3.43. The molecule has 19 heavy (non-hydrogen) atoms. The van der Waals surface area contributed by atoms with E-state index in [-0.39, 0.29) is 0 Å². The zero-order valence-electron chi connectivity index (χ0n) is 10.8. The molecule has 0 aliphatic carbocycles. The summed E-state index contributed by atoms with van der Waals surface area (Å²) >= 11 is 0. The average molecular weight is 257 g/mol. The van der Waals surface area contributed by atoms with Gasteiger partial charge in [-0.2, -0.15) is 0 Å². The molecule has 1 aromatic heterocycles. The summed E-state index contributed by atoms with van der Waals surface area (Å²) in [5.74, 6) is -0.265. The maximum atomic E-state index is 11.0. The molecule has 0 amide bonds. The van der Waals surface area contributed by atoms with Gasteiger partial charge >= 0.3 is 5.97 Å². The predicted octanol–water partition coefficient (Wildman–Crippen LogP) is 3.37. The third-order valence-corrected chi connectivity index (χ3v) is 2.90. The Balaban J connectivity index is 2.22. The van der Waals surface area contributed by atoms with Crippen LogP contribution in [-0.2, 0) is 4.79 Å². The van der Waals surface area contributed by atoms with Crippen LogP contribution in [0.3, 0.4) is 0 Å². The lowest BCUT2D eigenvalue weighted by atomic mass is 10.0. The van der Waals surface area contributed by atoms with Crippen molar-refractivity contribution in [1.29, 1.82) is 0 Å². The van der Waals surface area contributed by atoms with E-state index in [1.807, 2.05) is 30.3 Å². The molecular weight excluding hydrogens is 242 g/mol. The van der Waals surface area contributed by atoms with E-state index in [4.69, 9.17) is 9.84 Å². The minimum Gasteiger partial charge on any atom is -0.481 e. The highest BCUT2D eigenvalue weighted by Gasteiger charge is 2.17. The van der Waals surface area contributed by atoms with Crippen molar-refractivity contribution in [3.63, 3.8) is 0 Å². The average Bonchev–Trinajstić information content (AvgIpc) is 2.39. The molecule has 0 spiro atoms. The highest BCUT2D eigenvalue weighted by atomic mass is 16.5. The molecule has 1 atom stereocenters. The van der Waals surface area contributed by atoms with Gasteiger partial charge in [0.05, 0.1) is 5.92 Å². The van der Waals surface area contributed by atoms with Gasteiger partial charge in [-0.15, -0.1) is 0 Å². The topological polar surface area (TPSA) is 59.4 Å². The normalized spacial score (nSPS) is 11.9. The summed E-state index contributed by atoms with van der Waals surface area (Å²) in [6.07, 6.45) is 0. The lowest BCUT2D eigenvalue weighted by Gasteiger charge is -2.11. The molecule has 2 aromatic rings. The summed E-state index contributed by atoms with van der Waals surface area (Å²) in [4.78, 5) is 15.3. The number of carbonyl (C=O) groups is 1. The van der Waals surface area contributed by atoms with E-state index < -0.39 is 11.9 Å². The van der Waals surface area contributed by atoms with E-state index in [0.29, 0.717) is 22.9 Å². The van der Waals surface area contributed by atoms with Gasteiger partial charge in [-0.3, -0.25) is 4.79 Å². The molecule has 4 heteroatoms. The number of hydrogen-bond donors (Lipinski definition) is 1. The standard InChI is InChI=1S/C15H15NO3/c1-10(15(17)18)13-8-9-14(16-11(13)2)19-12-6-4-3-5-7-12/h3-10H,1-2H3,(H,17,18). The fourth-order valence-electron chi connectivity index (χ4n) is 1.81. The van der Waals surface area contributed by atoms with Crippen LogP contribution in [0.15, 0.2) is 42.5 Å². The lowest BCUT2D eigenvalue weighted by molar-refractivity contribution is -0.138. The van der Waals surface area contributed by atoms with Gasteiger partial charge in [0, 0.05) is 11.8 Å². The van der Waals surface area contributed by atoms with Gasteiger partial charge in [0.2, 0.25) is 5.88 Å². The van der Waals surface area contributed by atoms with Crippen LogP contribution in [-0.4, -0.2) is 16.1 Å². The SMILES string of the molecule is Cc1nc(Oc2ccccc2)ccc1C(C)C(=O)O. The fraction of sp³-hybridized carbons (Fsp3) is 0.200. The minimum absolute atomic E-state index is 0.463. The van der Waals surface area contributed by atoms with Crippen LogP contribution < -0.4 is 4.74 Å². The molecule has 1 N–H and O–H groups in total. The molecule has 4 nitrogen and oxygen atoms in total. The molecule has 0 fully saturated rings. The molecule has 1 unspecified atom stereocenters. The summed E-state index contributed by atoms with van der Waals surface area (Å²) in [5.41, 5.74) is 1.37. The van der Waals surface area contributed by atoms with Gasteiger partial charge in [-0.1, -0.05) is 24.3 Å². The molecule has 1 aromatic carbocycles.